The van der Waals surface area contributed by atoms with Gasteiger partial charge >= 0.3 is 0 Å². The first kappa shape index (κ1) is 16.3. The van der Waals surface area contributed by atoms with E-state index in [0.717, 1.165) is 19.4 Å². The average molecular weight is 296 g/mol. The van der Waals surface area contributed by atoms with Gasteiger partial charge in [-0.05, 0) is 51.9 Å². The molecule has 0 spiro atoms. The van der Waals surface area contributed by atoms with Crippen LogP contribution >= 0.6 is 0 Å². The fourth-order valence-electron chi connectivity index (χ4n) is 2.69. The van der Waals surface area contributed by atoms with E-state index in [1.165, 1.54) is 19.3 Å². The van der Waals surface area contributed by atoms with Crippen molar-refractivity contribution >= 4 is 11.8 Å². The summed E-state index contributed by atoms with van der Waals surface area (Å²) in [5.41, 5.74) is 0. The number of nitrogens with zero attached hydrogens (tertiary/aromatic N) is 1. The number of piperidine rings is 1. The average Bonchev–Trinajstić information content (AvgIpc) is 3.29. The van der Waals surface area contributed by atoms with Crippen molar-refractivity contribution in [2.45, 2.75) is 64.5 Å². The Kier molecular flexibility index (Phi) is 6.03. The maximum Gasteiger partial charge on any atom is 0.248 e. The van der Waals surface area contributed by atoms with Crippen LogP contribution in [0.15, 0.2) is 0 Å². The molecule has 1 aliphatic carbocycles. The lowest BCUT2D eigenvalue weighted by Crippen LogP contribution is -2.44. The zero-order valence-electron chi connectivity index (χ0n) is 13.3. The van der Waals surface area contributed by atoms with Gasteiger partial charge in [0.05, 0.1) is 6.61 Å². The molecule has 1 saturated heterocycles. The monoisotopic (exact) mass is 296 g/mol. The fourth-order valence-corrected chi connectivity index (χ4v) is 2.69. The number of amides is 2. The van der Waals surface area contributed by atoms with Crippen molar-refractivity contribution in [1.29, 1.82) is 0 Å². The van der Waals surface area contributed by atoms with Gasteiger partial charge < -0.3 is 15.0 Å². The molecule has 2 fully saturated rings. The van der Waals surface area contributed by atoms with Crippen molar-refractivity contribution in [3.63, 3.8) is 0 Å². The van der Waals surface area contributed by atoms with Crippen LogP contribution in [0.25, 0.3) is 0 Å². The van der Waals surface area contributed by atoms with E-state index in [1.807, 2.05) is 4.90 Å². The molecule has 5 nitrogen and oxygen atoms in total. The lowest BCUT2D eigenvalue weighted by atomic mass is 10.0. The van der Waals surface area contributed by atoms with Crippen LogP contribution in [-0.4, -0.2) is 48.6 Å². The van der Waals surface area contributed by atoms with Gasteiger partial charge in [-0.1, -0.05) is 0 Å². The Bertz CT molecular complexity index is 369. The Morgan fingerprint density at radius 3 is 2.71 bits per heavy atom. The molecule has 2 amide bonds. The second-order valence-corrected chi connectivity index (χ2v) is 6.39. The van der Waals surface area contributed by atoms with E-state index < -0.39 is 6.10 Å². The van der Waals surface area contributed by atoms with E-state index in [9.17, 15) is 9.59 Å². The normalized spacial score (nSPS) is 23.7. The minimum atomic E-state index is -0.422. The largest absolute Gasteiger partial charge is 0.368 e. The molecule has 0 aromatic rings. The second-order valence-electron chi connectivity index (χ2n) is 6.39. The van der Waals surface area contributed by atoms with E-state index in [2.05, 4.69) is 12.2 Å². The Labute approximate surface area is 127 Å². The second kappa shape index (κ2) is 7.78. The summed E-state index contributed by atoms with van der Waals surface area (Å²) in [4.78, 5) is 25.9. The van der Waals surface area contributed by atoms with Gasteiger partial charge in [-0.15, -0.1) is 0 Å². The Balaban J connectivity index is 1.60. The first-order valence-electron chi connectivity index (χ1n) is 8.26. The number of hydrogen-bond donors (Lipinski definition) is 1. The summed E-state index contributed by atoms with van der Waals surface area (Å²) >= 11 is 0. The third-order valence-electron chi connectivity index (χ3n) is 4.41. The number of rotatable bonds is 7. The van der Waals surface area contributed by atoms with Gasteiger partial charge in [0.15, 0.2) is 0 Å². The predicted octanol–water partition coefficient (Wildman–Crippen LogP) is 1.71. The van der Waals surface area contributed by atoms with Crippen LogP contribution in [-0.2, 0) is 14.3 Å². The van der Waals surface area contributed by atoms with E-state index in [1.54, 1.807) is 6.92 Å². The SMILES string of the molecule is C[C@@H]1CCCCN1C(=O)CCNC(=O)[C@@H](C)OCC1CC1. The molecule has 5 heteroatoms. The fraction of sp³-hybridized carbons (Fsp3) is 0.875. The molecule has 0 bridgehead atoms. The standard InChI is InChI=1S/C16H28N2O3/c1-12-5-3-4-10-18(12)15(19)8-9-17-16(20)13(2)21-11-14-6-7-14/h12-14H,3-11H2,1-2H3,(H,17,20)/t12-,13-/m1/s1. The molecule has 0 aromatic carbocycles. The number of carbonyl (C=O) groups is 2. The summed E-state index contributed by atoms with van der Waals surface area (Å²) in [6, 6.07) is 0.336. The van der Waals surface area contributed by atoms with Crippen molar-refractivity contribution < 1.29 is 14.3 Å². The van der Waals surface area contributed by atoms with Crippen molar-refractivity contribution in [3.8, 4) is 0 Å². The number of hydrogen-bond acceptors (Lipinski definition) is 3. The highest BCUT2D eigenvalue weighted by Gasteiger charge is 2.25. The molecular weight excluding hydrogens is 268 g/mol. The summed E-state index contributed by atoms with van der Waals surface area (Å²) in [7, 11) is 0. The van der Waals surface area contributed by atoms with Gasteiger partial charge in [-0.3, -0.25) is 9.59 Å². The first-order chi connectivity index (χ1) is 10.1. The number of likely N-dealkylation sites (tertiary alicyclic amines) is 1. The van der Waals surface area contributed by atoms with Crippen molar-refractivity contribution in [2.75, 3.05) is 19.7 Å². The van der Waals surface area contributed by atoms with Crippen molar-refractivity contribution in [1.82, 2.24) is 10.2 Å². The molecule has 1 N–H and O–H groups in total. The van der Waals surface area contributed by atoms with Crippen LogP contribution in [0.1, 0.15) is 52.4 Å². The van der Waals surface area contributed by atoms with Gasteiger partial charge in [0.2, 0.25) is 11.8 Å². The summed E-state index contributed by atoms with van der Waals surface area (Å²) in [6.07, 6.45) is 5.78. The van der Waals surface area contributed by atoms with Crippen molar-refractivity contribution in [2.24, 2.45) is 5.92 Å². The molecule has 0 aromatic heterocycles. The molecule has 21 heavy (non-hydrogen) atoms. The molecule has 2 atom stereocenters. The maximum absolute atomic E-state index is 12.1. The number of ether oxygens (including phenoxy) is 1. The van der Waals surface area contributed by atoms with E-state index in [-0.39, 0.29) is 11.8 Å². The van der Waals surface area contributed by atoms with Gasteiger partial charge in [0.25, 0.3) is 0 Å². The van der Waals surface area contributed by atoms with Gasteiger partial charge in [-0.25, -0.2) is 0 Å². The third-order valence-corrected chi connectivity index (χ3v) is 4.41. The highest BCUT2D eigenvalue weighted by atomic mass is 16.5. The van der Waals surface area contributed by atoms with Crippen LogP contribution in [0.4, 0.5) is 0 Å². The smallest absolute Gasteiger partial charge is 0.248 e. The van der Waals surface area contributed by atoms with E-state index in [0.29, 0.717) is 31.5 Å². The van der Waals surface area contributed by atoms with Crippen LogP contribution in [0.2, 0.25) is 0 Å². The Morgan fingerprint density at radius 2 is 2.05 bits per heavy atom. The topological polar surface area (TPSA) is 58.6 Å². The Morgan fingerprint density at radius 1 is 1.29 bits per heavy atom. The number of nitrogens with one attached hydrogen (secondary N) is 1. The highest BCUT2D eigenvalue weighted by Crippen LogP contribution is 2.29. The maximum atomic E-state index is 12.1. The highest BCUT2D eigenvalue weighted by molar-refractivity contribution is 5.81. The molecular formula is C16H28N2O3. The van der Waals surface area contributed by atoms with E-state index in [4.69, 9.17) is 4.74 Å². The molecule has 2 rings (SSSR count). The molecule has 1 heterocycles. The first-order valence-corrected chi connectivity index (χ1v) is 8.26. The molecule has 1 saturated carbocycles. The lowest BCUT2D eigenvalue weighted by Gasteiger charge is -2.33. The quantitative estimate of drug-likeness (QED) is 0.778. The molecule has 0 radical (unpaired) electrons. The molecule has 1 aliphatic heterocycles. The zero-order valence-corrected chi connectivity index (χ0v) is 13.3. The molecule has 0 unspecified atom stereocenters. The van der Waals surface area contributed by atoms with Gasteiger partial charge in [0, 0.05) is 25.6 Å². The van der Waals surface area contributed by atoms with Crippen molar-refractivity contribution in [3.05, 3.63) is 0 Å². The summed E-state index contributed by atoms with van der Waals surface area (Å²) < 4.78 is 5.51. The minimum Gasteiger partial charge on any atom is -0.368 e. The van der Waals surface area contributed by atoms with Crippen LogP contribution in [0, 0.1) is 5.92 Å². The zero-order chi connectivity index (χ0) is 15.2. The van der Waals surface area contributed by atoms with Crippen LogP contribution < -0.4 is 5.32 Å². The molecule has 120 valence electrons. The third kappa shape index (κ3) is 5.30. The summed E-state index contributed by atoms with van der Waals surface area (Å²) in [5.74, 6) is 0.687. The minimum absolute atomic E-state index is 0.116. The lowest BCUT2D eigenvalue weighted by molar-refractivity contribution is -0.135. The van der Waals surface area contributed by atoms with Gasteiger partial charge in [0.1, 0.15) is 6.10 Å². The molecule has 2 aliphatic rings. The van der Waals surface area contributed by atoms with Gasteiger partial charge in [-0.2, -0.15) is 0 Å². The van der Waals surface area contributed by atoms with Crippen LogP contribution in [0.3, 0.4) is 0 Å². The summed E-state index contributed by atoms with van der Waals surface area (Å²) in [6.45, 7) is 5.81. The summed E-state index contributed by atoms with van der Waals surface area (Å²) in [5, 5.41) is 2.80. The van der Waals surface area contributed by atoms with E-state index >= 15 is 0 Å². The number of carbonyl (C=O) groups excluding carboxylic acids is 2. The predicted molar refractivity (Wildman–Crippen MR) is 80.8 cm³/mol. The van der Waals surface area contributed by atoms with Crippen LogP contribution in [0.5, 0.6) is 0 Å². The Hall–Kier alpha value is -1.10.